The molecule has 2 heterocycles. The molecule has 0 bridgehead atoms. The van der Waals surface area contributed by atoms with Gasteiger partial charge in [-0.1, -0.05) is 17.7 Å². The van der Waals surface area contributed by atoms with Gasteiger partial charge in [-0.05, 0) is 38.8 Å². The number of fused-ring (bicyclic) bond motifs is 1. The number of aryl methyl sites for hydroxylation is 2. The number of carbonyl (C=O) groups excluding carboxylic acids is 4. The summed E-state index contributed by atoms with van der Waals surface area (Å²) in [6.45, 7) is 5.13. The van der Waals surface area contributed by atoms with Crippen LogP contribution in [0.1, 0.15) is 30.9 Å². The Morgan fingerprint density at radius 2 is 2.07 bits per heavy atom. The van der Waals surface area contributed by atoms with Gasteiger partial charge in [-0.15, -0.1) is 11.8 Å². The summed E-state index contributed by atoms with van der Waals surface area (Å²) in [6, 6.07) is 4.11. The molecule has 2 fully saturated rings. The van der Waals surface area contributed by atoms with Crippen LogP contribution >= 0.6 is 11.8 Å². The van der Waals surface area contributed by atoms with E-state index in [0.29, 0.717) is 24.3 Å². The summed E-state index contributed by atoms with van der Waals surface area (Å²) < 4.78 is 5.04. The van der Waals surface area contributed by atoms with Gasteiger partial charge in [-0.2, -0.15) is 0 Å². The first-order chi connectivity index (χ1) is 13.2. The third kappa shape index (κ3) is 4.14. The third-order valence-electron chi connectivity index (χ3n) is 4.95. The first-order valence-corrected chi connectivity index (χ1v) is 9.99. The minimum absolute atomic E-state index is 0.0771. The lowest BCUT2D eigenvalue weighted by Gasteiger charge is -2.29. The Hall–Kier alpha value is -2.55. The zero-order valence-electron chi connectivity index (χ0n) is 16.0. The summed E-state index contributed by atoms with van der Waals surface area (Å²) in [4.78, 5) is 49.4. The van der Waals surface area contributed by atoms with Gasteiger partial charge >= 0.3 is 12.0 Å². The largest absolute Gasteiger partial charge is 0.454 e. The molecular formula is C19H23N3O5S. The number of esters is 1. The zero-order chi connectivity index (χ0) is 20.5. The molecule has 3 rings (SSSR count). The molecule has 2 N–H and O–H groups in total. The second-order valence-electron chi connectivity index (χ2n) is 7.19. The molecule has 0 radical (unpaired) electrons. The van der Waals surface area contributed by atoms with Crippen LogP contribution in [0.15, 0.2) is 18.2 Å². The Balaban J connectivity index is 1.48. The number of hydrogen-bond donors (Lipinski definition) is 2. The average Bonchev–Trinajstić information content (AvgIpc) is 3.11. The highest BCUT2D eigenvalue weighted by molar-refractivity contribution is 8.01. The summed E-state index contributed by atoms with van der Waals surface area (Å²) in [5.74, 6) is -1.00. The van der Waals surface area contributed by atoms with Crippen LogP contribution < -0.4 is 10.6 Å². The Labute approximate surface area is 167 Å². The van der Waals surface area contributed by atoms with Crippen molar-refractivity contribution in [2.75, 3.05) is 17.7 Å². The summed E-state index contributed by atoms with van der Waals surface area (Å²) in [5, 5.41) is 4.71. The predicted molar refractivity (Wildman–Crippen MR) is 105 cm³/mol. The highest BCUT2D eigenvalue weighted by Crippen LogP contribution is 2.47. The van der Waals surface area contributed by atoms with Gasteiger partial charge in [0.1, 0.15) is 6.04 Å². The first kappa shape index (κ1) is 20.2. The lowest BCUT2D eigenvalue weighted by Crippen LogP contribution is -2.47. The number of anilines is 1. The van der Waals surface area contributed by atoms with E-state index in [4.69, 9.17) is 4.74 Å². The van der Waals surface area contributed by atoms with Crippen molar-refractivity contribution in [3.05, 3.63) is 29.3 Å². The fourth-order valence-corrected chi connectivity index (χ4v) is 4.91. The molecule has 1 aromatic rings. The van der Waals surface area contributed by atoms with E-state index in [9.17, 15) is 19.2 Å². The van der Waals surface area contributed by atoms with Crippen LogP contribution in [-0.4, -0.2) is 52.0 Å². The maximum absolute atomic E-state index is 12.3. The summed E-state index contributed by atoms with van der Waals surface area (Å²) in [6.07, 6.45) is 1.10. The topological polar surface area (TPSA) is 105 Å². The Kier molecular flexibility index (Phi) is 5.64. The van der Waals surface area contributed by atoms with Crippen LogP contribution in [0.2, 0.25) is 0 Å². The molecule has 2 aliphatic heterocycles. The molecule has 9 heteroatoms. The van der Waals surface area contributed by atoms with Crippen molar-refractivity contribution in [3.8, 4) is 0 Å². The summed E-state index contributed by atoms with van der Waals surface area (Å²) in [5.41, 5.74) is 2.51. The molecule has 2 saturated heterocycles. The molecule has 150 valence electrons. The summed E-state index contributed by atoms with van der Waals surface area (Å²) >= 11 is 1.54. The van der Waals surface area contributed by atoms with Gasteiger partial charge in [0.05, 0.1) is 4.87 Å². The van der Waals surface area contributed by atoms with Crippen LogP contribution in [0, 0.1) is 13.8 Å². The minimum Gasteiger partial charge on any atom is -0.454 e. The zero-order valence-corrected chi connectivity index (χ0v) is 16.9. The van der Waals surface area contributed by atoms with E-state index in [0.717, 1.165) is 11.1 Å². The number of benzene rings is 1. The van der Waals surface area contributed by atoms with Crippen molar-refractivity contribution < 1.29 is 23.9 Å². The maximum Gasteiger partial charge on any atom is 0.330 e. The molecule has 2 atom stereocenters. The normalized spacial score (nSPS) is 23.3. The number of amides is 4. The van der Waals surface area contributed by atoms with Crippen LogP contribution in [-0.2, 0) is 19.1 Å². The number of hydrogen-bond acceptors (Lipinski definition) is 6. The maximum atomic E-state index is 12.3. The molecule has 0 saturated carbocycles. The van der Waals surface area contributed by atoms with E-state index < -0.39 is 30.6 Å². The molecule has 0 spiro atoms. The average molecular weight is 405 g/mol. The van der Waals surface area contributed by atoms with Gasteiger partial charge in [-0.3, -0.25) is 14.9 Å². The Morgan fingerprint density at radius 3 is 2.79 bits per heavy atom. The first-order valence-electron chi connectivity index (χ1n) is 9.00. The lowest BCUT2D eigenvalue weighted by atomic mass is 10.1. The van der Waals surface area contributed by atoms with Crippen molar-refractivity contribution in [3.63, 3.8) is 0 Å². The second kappa shape index (κ2) is 7.83. The fourth-order valence-electron chi connectivity index (χ4n) is 3.50. The Morgan fingerprint density at radius 1 is 1.32 bits per heavy atom. The molecule has 0 aliphatic carbocycles. The predicted octanol–water partition coefficient (Wildman–Crippen LogP) is 1.95. The molecule has 0 aromatic heterocycles. The van der Waals surface area contributed by atoms with Gasteiger partial charge in [0.15, 0.2) is 6.61 Å². The fraction of sp³-hybridized carbons (Fsp3) is 0.474. The standard InChI is InChI=1S/C19H23N3O5S/c1-11-4-5-13(12(2)8-11)20-18(26)21-15(23)9-27-17(25)14-10-28-19(3)7-6-16(24)22(14)19/h4-5,8,14H,6-7,9-10H2,1-3H3,(H2,20,21,23,26)/t14-,19+/m0/s1. The number of rotatable bonds is 4. The van der Waals surface area contributed by atoms with E-state index in [1.54, 1.807) is 22.7 Å². The minimum atomic E-state index is -0.739. The van der Waals surface area contributed by atoms with E-state index >= 15 is 0 Å². The van der Waals surface area contributed by atoms with E-state index in [1.807, 2.05) is 32.9 Å². The monoisotopic (exact) mass is 405 g/mol. The van der Waals surface area contributed by atoms with Gasteiger partial charge in [0, 0.05) is 17.9 Å². The number of carbonyl (C=O) groups is 4. The smallest absolute Gasteiger partial charge is 0.330 e. The van der Waals surface area contributed by atoms with Gasteiger partial charge in [0.25, 0.3) is 5.91 Å². The van der Waals surface area contributed by atoms with Gasteiger partial charge in [-0.25, -0.2) is 9.59 Å². The van der Waals surface area contributed by atoms with Crippen LogP contribution in [0.5, 0.6) is 0 Å². The number of nitrogens with zero attached hydrogens (tertiary/aromatic N) is 1. The molecule has 2 aliphatic rings. The SMILES string of the molecule is Cc1ccc(NC(=O)NC(=O)COC(=O)[C@@H]2CS[C@]3(C)CCC(=O)N23)c(C)c1. The van der Waals surface area contributed by atoms with Crippen molar-refractivity contribution in [2.24, 2.45) is 0 Å². The van der Waals surface area contributed by atoms with Crippen LogP contribution in [0.3, 0.4) is 0 Å². The number of nitrogens with one attached hydrogen (secondary N) is 2. The van der Waals surface area contributed by atoms with Crippen LogP contribution in [0.25, 0.3) is 0 Å². The molecule has 0 unspecified atom stereocenters. The van der Waals surface area contributed by atoms with Crippen molar-refractivity contribution in [1.29, 1.82) is 0 Å². The molecule has 8 nitrogen and oxygen atoms in total. The lowest BCUT2D eigenvalue weighted by molar-refractivity contribution is -0.156. The highest BCUT2D eigenvalue weighted by atomic mass is 32.2. The number of imide groups is 1. The van der Waals surface area contributed by atoms with Crippen LogP contribution in [0.4, 0.5) is 10.5 Å². The quantitative estimate of drug-likeness (QED) is 0.742. The Bertz CT molecular complexity index is 843. The third-order valence-corrected chi connectivity index (χ3v) is 6.45. The number of urea groups is 1. The second-order valence-corrected chi connectivity index (χ2v) is 8.70. The molecule has 28 heavy (non-hydrogen) atoms. The van der Waals surface area contributed by atoms with E-state index in [2.05, 4.69) is 10.6 Å². The number of ether oxygens (including phenoxy) is 1. The van der Waals surface area contributed by atoms with E-state index in [-0.39, 0.29) is 10.8 Å². The van der Waals surface area contributed by atoms with Gasteiger partial charge in [0.2, 0.25) is 5.91 Å². The highest BCUT2D eigenvalue weighted by Gasteiger charge is 2.53. The van der Waals surface area contributed by atoms with Crippen molar-refractivity contribution in [1.82, 2.24) is 10.2 Å². The molecule has 1 aromatic carbocycles. The molecule has 4 amide bonds. The van der Waals surface area contributed by atoms with E-state index in [1.165, 1.54) is 0 Å². The van der Waals surface area contributed by atoms with Crippen molar-refractivity contribution >= 4 is 41.3 Å². The summed E-state index contributed by atoms with van der Waals surface area (Å²) in [7, 11) is 0. The number of thioether (sulfide) groups is 1. The van der Waals surface area contributed by atoms with Crippen molar-refractivity contribution in [2.45, 2.75) is 44.5 Å². The van der Waals surface area contributed by atoms with Gasteiger partial charge < -0.3 is 15.0 Å². The molecular weight excluding hydrogens is 382 g/mol.